The van der Waals surface area contributed by atoms with Crippen molar-refractivity contribution in [2.75, 3.05) is 12.4 Å². The van der Waals surface area contributed by atoms with E-state index in [4.69, 9.17) is 21.4 Å². The molecule has 0 radical (unpaired) electrons. The van der Waals surface area contributed by atoms with E-state index in [0.29, 0.717) is 16.6 Å². The van der Waals surface area contributed by atoms with Crippen LogP contribution in [0, 0.1) is 13.8 Å². The minimum Gasteiger partial charge on any atom is -0.497 e. The molecule has 5 rings (SSSR count). The number of halogens is 1. The highest BCUT2D eigenvalue weighted by molar-refractivity contribution is 8.15. The molecule has 0 unspecified atom stereocenters. The van der Waals surface area contributed by atoms with E-state index in [1.165, 1.54) is 11.8 Å². The molecule has 2 aliphatic rings. The second kappa shape index (κ2) is 11.0. The number of hydrogen-bond donors (Lipinski definition) is 1. The highest BCUT2D eigenvalue weighted by atomic mass is 35.5. The molecule has 0 fully saturated rings. The number of benzene rings is 3. The monoisotopic (exact) mass is 546 g/mol. The van der Waals surface area contributed by atoms with Gasteiger partial charge in [0.1, 0.15) is 11.0 Å². The number of amidine groups is 1. The molecule has 194 valence electrons. The molecule has 1 N–H and O–H groups in total. The lowest BCUT2D eigenvalue weighted by Crippen LogP contribution is -2.25. The first kappa shape index (κ1) is 26.0. The molecular formula is C29H27ClN4O3S. The number of nitrogens with zero attached hydrogens (tertiary/aromatic N) is 3. The van der Waals surface area contributed by atoms with Gasteiger partial charge in [0.15, 0.2) is 5.17 Å². The van der Waals surface area contributed by atoms with Gasteiger partial charge < -0.3 is 10.1 Å². The maximum absolute atomic E-state index is 12.9. The number of anilines is 1. The van der Waals surface area contributed by atoms with Crippen LogP contribution in [0.5, 0.6) is 5.75 Å². The summed E-state index contributed by atoms with van der Waals surface area (Å²) in [7, 11) is 1.63. The molecule has 0 spiro atoms. The van der Waals surface area contributed by atoms with E-state index in [0.717, 1.165) is 39.4 Å². The SMILES string of the molecule is COc1ccc(C2=NN(C3=NC(=O)[C@@H](CC(=O)Nc4cc(C)cc(C)c4)S3)[C@@H](c3cccc(Cl)c3)C2)cc1. The molecule has 0 saturated heterocycles. The Balaban J connectivity index is 1.35. The Morgan fingerprint density at radius 1 is 1.11 bits per heavy atom. The number of carbonyl (C=O) groups is 2. The average Bonchev–Trinajstić information content (AvgIpc) is 3.47. The van der Waals surface area contributed by atoms with E-state index in [2.05, 4.69) is 10.3 Å². The number of amides is 2. The van der Waals surface area contributed by atoms with E-state index in [1.54, 1.807) is 12.1 Å². The fourth-order valence-electron chi connectivity index (χ4n) is 4.65. The zero-order valence-electron chi connectivity index (χ0n) is 21.3. The molecule has 0 aromatic heterocycles. The zero-order valence-corrected chi connectivity index (χ0v) is 22.8. The molecule has 38 heavy (non-hydrogen) atoms. The van der Waals surface area contributed by atoms with Crippen molar-refractivity contribution in [1.82, 2.24) is 5.01 Å². The predicted molar refractivity (Wildman–Crippen MR) is 153 cm³/mol. The van der Waals surface area contributed by atoms with Crippen LogP contribution in [0.3, 0.4) is 0 Å². The maximum Gasteiger partial charge on any atom is 0.262 e. The molecule has 9 heteroatoms. The van der Waals surface area contributed by atoms with Crippen LogP contribution in [0.1, 0.15) is 41.1 Å². The van der Waals surface area contributed by atoms with Crippen molar-refractivity contribution in [3.8, 4) is 5.75 Å². The number of nitrogens with one attached hydrogen (secondary N) is 1. The Bertz CT molecular complexity index is 1430. The van der Waals surface area contributed by atoms with Gasteiger partial charge in [-0.05, 0) is 84.6 Å². The molecule has 0 bridgehead atoms. The molecule has 2 atom stereocenters. The second-order valence-electron chi connectivity index (χ2n) is 9.36. The molecule has 3 aromatic rings. The van der Waals surface area contributed by atoms with Crippen molar-refractivity contribution in [1.29, 1.82) is 0 Å². The summed E-state index contributed by atoms with van der Waals surface area (Å²) in [5.41, 5.74) is 5.63. The van der Waals surface area contributed by atoms with E-state index in [-0.39, 0.29) is 24.3 Å². The average molecular weight is 547 g/mol. The predicted octanol–water partition coefficient (Wildman–Crippen LogP) is 6.14. The fourth-order valence-corrected chi connectivity index (χ4v) is 5.91. The van der Waals surface area contributed by atoms with Gasteiger partial charge in [-0.25, -0.2) is 5.01 Å². The van der Waals surface area contributed by atoms with Crippen LogP contribution in [-0.2, 0) is 9.59 Å². The van der Waals surface area contributed by atoms with Gasteiger partial charge in [-0.3, -0.25) is 9.59 Å². The molecule has 2 aliphatic heterocycles. The minimum absolute atomic E-state index is 0.0220. The van der Waals surface area contributed by atoms with Crippen LogP contribution in [0.25, 0.3) is 0 Å². The molecule has 7 nitrogen and oxygen atoms in total. The fraction of sp³-hybridized carbons (Fsp3) is 0.241. The van der Waals surface area contributed by atoms with Crippen molar-refractivity contribution in [2.45, 2.75) is 38.0 Å². The van der Waals surface area contributed by atoms with E-state index in [9.17, 15) is 9.59 Å². The van der Waals surface area contributed by atoms with E-state index in [1.807, 2.05) is 80.6 Å². The summed E-state index contributed by atoms with van der Waals surface area (Å²) in [5, 5.41) is 10.1. The minimum atomic E-state index is -0.615. The summed E-state index contributed by atoms with van der Waals surface area (Å²) in [6, 6.07) is 21.0. The van der Waals surface area contributed by atoms with Gasteiger partial charge in [-0.2, -0.15) is 10.1 Å². The lowest BCUT2D eigenvalue weighted by molar-refractivity contribution is -0.121. The van der Waals surface area contributed by atoms with Crippen LogP contribution in [0.4, 0.5) is 5.69 Å². The Morgan fingerprint density at radius 3 is 2.53 bits per heavy atom. The first-order valence-electron chi connectivity index (χ1n) is 12.2. The number of hydrazone groups is 1. The zero-order chi connectivity index (χ0) is 26.8. The Morgan fingerprint density at radius 2 is 1.84 bits per heavy atom. The first-order chi connectivity index (χ1) is 18.3. The normalized spacial score (nSPS) is 18.8. The van der Waals surface area contributed by atoms with Gasteiger partial charge in [0.05, 0.1) is 18.9 Å². The van der Waals surface area contributed by atoms with E-state index >= 15 is 0 Å². The van der Waals surface area contributed by atoms with Crippen LogP contribution in [0.2, 0.25) is 5.02 Å². The highest BCUT2D eigenvalue weighted by Crippen LogP contribution is 2.39. The molecular weight excluding hydrogens is 520 g/mol. The smallest absolute Gasteiger partial charge is 0.262 e. The van der Waals surface area contributed by atoms with Crippen molar-refractivity contribution >= 4 is 51.7 Å². The second-order valence-corrected chi connectivity index (χ2v) is 11.0. The summed E-state index contributed by atoms with van der Waals surface area (Å²) in [6.45, 7) is 3.96. The van der Waals surface area contributed by atoms with Crippen LogP contribution >= 0.6 is 23.4 Å². The van der Waals surface area contributed by atoms with Gasteiger partial charge in [0, 0.05) is 23.6 Å². The van der Waals surface area contributed by atoms with Crippen molar-refractivity contribution in [3.63, 3.8) is 0 Å². The third-order valence-corrected chi connectivity index (χ3v) is 7.75. The largest absolute Gasteiger partial charge is 0.497 e. The summed E-state index contributed by atoms with van der Waals surface area (Å²) >= 11 is 7.58. The molecule has 3 aromatic carbocycles. The van der Waals surface area contributed by atoms with Gasteiger partial charge in [0.25, 0.3) is 5.91 Å². The molecule has 0 aliphatic carbocycles. The van der Waals surface area contributed by atoms with Crippen LogP contribution in [0.15, 0.2) is 76.8 Å². The summed E-state index contributed by atoms with van der Waals surface area (Å²) in [6.07, 6.45) is 0.631. The standard InChI is InChI=1S/C29H27ClN4O3S/c1-17-11-18(2)13-22(12-17)31-27(35)16-26-28(36)32-29(38-26)34-25(20-5-4-6-21(30)14-20)15-24(33-34)19-7-9-23(37-3)10-8-19/h4-14,25-26H,15-16H2,1-3H3,(H,31,35)/t25-,26-/m1/s1. The number of rotatable bonds is 6. The third kappa shape index (κ3) is 5.76. The Kier molecular flexibility index (Phi) is 7.53. The van der Waals surface area contributed by atoms with Crippen LogP contribution in [-0.4, -0.2) is 40.1 Å². The van der Waals surface area contributed by atoms with E-state index < -0.39 is 5.25 Å². The molecule has 0 saturated carbocycles. The highest BCUT2D eigenvalue weighted by Gasteiger charge is 2.39. The van der Waals surface area contributed by atoms with Gasteiger partial charge in [-0.1, -0.05) is 41.6 Å². The number of thioether (sulfide) groups is 1. The van der Waals surface area contributed by atoms with Crippen molar-refractivity contribution in [2.24, 2.45) is 10.1 Å². The summed E-state index contributed by atoms with van der Waals surface area (Å²) in [5.74, 6) is 0.199. The number of ether oxygens (including phenoxy) is 1. The van der Waals surface area contributed by atoms with Gasteiger partial charge in [0.2, 0.25) is 5.91 Å². The number of aliphatic imine (C=N–C) groups is 1. The number of methoxy groups -OCH3 is 1. The summed E-state index contributed by atoms with van der Waals surface area (Å²) < 4.78 is 5.28. The Hall–Kier alpha value is -3.62. The topological polar surface area (TPSA) is 83.4 Å². The quantitative estimate of drug-likeness (QED) is 0.401. The van der Waals surface area contributed by atoms with Crippen molar-refractivity contribution in [3.05, 3.63) is 94.0 Å². The maximum atomic E-state index is 12.9. The number of aryl methyl sites for hydroxylation is 2. The van der Waals surface area contributed by atoms with Crippen molar-refractivity contribution < 1.29 is 14.3 Å². The Labute approximate surface area is 230 Å². The first-order valence-corrected chi connectivity index (χ1v) is 13.5. The molecule has 2 heterocycles. The summed E-state index contributed by atoms with van der Waals surface area (Å²) in [4.78, 5) is 30.0. The number of hydrogen-bond acceptors (Lipinski definition) is 6. The molecule has 2 amide bonds. The van der Waals surface area contributed by atoms with Gasteiger partial charge >= 0.3 is 0 Å². The van der Waals surface area contributed by atoms with Gasteiger partial charge in [-0.15, -0.1) is 0 Å². The van der Waals surface area contributed by atoms with Crippen LogP contribution < -0.4 is 10.1 Å². The third-order valence-electron chi connectivity index (χ3n) is 6.37. The number of carbonyl (C=O) groups excluding carboxylic acids is 2. The lowest BCUT2D eigenvalue weighted by atomic mass is 9.98. The lowest BCUT2D eigenvalue weighted by Gasteiger charge is -2.23.